The Balaban J connectivity index is 1.33. The Morgan fingerprint density at radius 3 is 1.20 bits per heavy atom. The Kier molecular flexibility index (Phi) is 8.69. The van der Waals surface area contributed by atoms with Gasteiger partial charge in [-0.25, -0.2) is 0 Å². The summed E-state index contributed by atoms with van der Waals surface area (Å²) in [6.07, 6.45) is 0. The van der Waals surface area contributed by atoms with Crippen LogP contribution in [0.4, 0.5) is 51.2 Å². The molecule has 9 aromatic rings. The van der Waals surface area contributed by atoms with Crippen molar-refractivity contribution in [2.24, 2.45) is 0 Å². The van der Waals surface area contributed by atoms with Gasteiger partial charge >= 0.3 is 0 Å². The summed E-state index contributed by atoms with van der Waals surface area (Å²) in [5.41, 5.74) is 12.2. The number of anilines is 9. The lowest BCUT2D eigenvalue weighted by Gasteiger charge is -2.43. The first-order valence-corrected chi connectivity index (χ1v) is 29.6. The first kappa shape index (κ1) is 37.4. The van der Waals surface area contributed by atoms with E-state index in [1.54, 1.807) is 0 Å². The zero-order valence-corrected chi connectivity index (χ0v) is 38.5. The first-order valence-electron chi connectivity index (χ1n) is 21.0. The summed E-state index contributed by atoms with van der Waals surface area (Å²) in [6, 6.07) is 63.2. The highest BCUT2D eigenvalue weighted by atomic mass is 32.1. The molecule has 0 radical (unpaired) electrons. The minimum atomic E-state index is -1.72. The van der Waals surface area contributed by atoms with Gasteiger partial charge in [0, 0.05) is 63.8 Å². The van der Waals surface area contributed by atoms with Gasteiger partial charge in [-0.05, 0) is 76.5 Å². The molecular weight excluding hydrogens is 798 g/mol. The summed E-state index contributed by atoms with van der Waals surface area (Å²) in [5, 5.41) is 5.79. The molecule has 2 aromatic heterocycles. The molecule has 2 aliphatic rings. The quantitative estimate of drug-likeness (QED) is 0.148. The van der Waals surface area contributed by atoms with Crippen LogP contribution in [0.15, 0.2) is 170 Å². The molecule has 292 valence electrons. The van der Waals surface area contributed by atoms with Gasteiger partial charge in [0.2, 0.25) is 0 Å². The molecule has 7 aromatic carbocycles. The van der Waals surface area contributed by atoms with E-state index in [1.165, 1.54) is 79.7 Å². The van der Waals surface area contributed by atoms with Crippen LogP contribution in [0.2, 0.25) is 39.3 Å². The molecule has 0 unspecified atom stereocenters. The SMILES string of the molecule is C[Si](C)(C)c1cccc2c3c(sc12)B1c2sc4c([Si](C)(C)C)cccc4c2N(c2ccccc2)c2cc(N(c4ccccc4)c4ccccc4)cc(c21)N3c1ccccc1. The van der Waals surface area contributed by atoms with Gasteiger partial charge in [-0.3, -0.25) is 0 Å². The molecule has 0 amide bonds. The molecule has 0 aliphatic carbocycles. The lowest BCUT2D eigenvalue weighted by atomic mass is 9.39. The Morgan fingerprint density at radius 1 is 0.433 bits per heavy atom. The van der Waals surface area contributed by atoms with Gasteiger partial charge < -0.3 is 14.7 Å². The molecule has 4 heterocycles. The van der Waals surface area contributed by atoms with Crippen molar-refractivity contribution in [3.63, 3.8) is 0 Å². The smallest absolute Gasteiger partial charge is 0.277 e. The predicted molar refractivity (Wildman–Crippen MR) is 272 cm³/mol. The molecular formula is C52H46BN3S2Si2. The molecule has 3 nitrogen and oxygen atoms in total. The second-order valence-corrected chi connectivity index (χ2v) is 30.4. The monoisotopic (exact) mass is 843 g/mol. The van der Waals surface area contributed by atoms with Crippen molar-refractivity contribution in [1.82, 2.24) is 0 Å². The van der Waals surface area contributed by atoms with Gasteiger partial charge in [0.05, 0.1) is 33.2 Å². The van der Waals surface area contributed by atoms with Crippen molar-refractivity contribution in [1.29, 1.82) is 0 Å². The van der Waals surface area contributed by atoms with Crippen LogP contribution in [0.5, 0.6) is 0 Å². The maximum Gasteiger partial charge on any atom is 0.277 e. The van der Waals surface area contributed by atoms with Crippen molar-refractivity contribution < 1.29 is 0 Å². The van der Waals surface area contributed by atoms with E-state index in [1.807, 2.05) is 0 Å². The number of nitrogens with zero attached hydrogens (tertiary/aromatic N) is 3. The van der Waals surface area contributed by atoms with E-state index in [0.717, 1.165) is 17.1 Å². The van der Waals surface area contributed by atoms with E-state index in [2.05, 4.69) is 247 Å². The van der Waals surface area contributed by atoms with E-state index >= 15 is 0 Å². The van der Waals surface area contributed by atoms with Crippen LogP contribution >= 0.6 is 22.7 Å². The molecule has 2 aliphatic heterocycles. The molecule has 8 heteroatoms. The number of rotatable bonds is 7. The molecule has 11 rings (SSSR count). The van der Waals surface area contributed by atoms with E-state index in [4.69, 9.17) is 0 Å². The molecule has 0 spiro atoms. The summed E-state index contributed by atoms with van der Waals surface area (Å²) < 4.78 is 5.78. The standard InChI is InChI=1S/C52H46BN3S2Si2/c1-59(2,3)44-31-19-29-40-47-51(57-49(40)44)53-46-42(55(47)37-25-15-9-16-26-37)33-39(54(35-21-11-7-12-22-35)36-23-13-8-14-24-36)34-43(46)56(38-27-17-10-18-28-38)48-41-30-20-32-45(60(4,5)6)50(41)58-52(48)53/h7-34H,1-6H3. The highest BCUT2D eigenvalue weighted by molar-refractivity contribution is 7.41. The zero-order valence-electron chi connectivity index (χ0n) is 34.9. The van der Waals surface area contributed by atoms with Crippen LogP contribution in [-0.2, 0) is 0 Å². The van der Waals surface area contributed by atoms with E-state index in [9.17, 15) is 0 Å². The minimum Gasteiger partial charge on any atom is -0.310 e. The number of hydrogen-bond donors (Lipinski definition) is 0. The number of thiophene rings is 2. The van der Waals surface area contributed by atoms with Crippen LogP contribution < -0.4 is 40.1 Å². The lowest BCUT2D eigenvalue weighted by molar-refractivity contribution is 1.24. The Bertz CT molecular complexity index is 2880. The fraction of sp³-hybridized carbons (Fsp3) is 0.115. The third kappa shape index (κ3) is 5.80. The fourth-order valence-corrected chi connectivity index (χ4v) is 17.3. The van der Waals surface area contributed by atoms with Gasteiger partial charge in [-0.15, -0.1) is 22.7 Å². The van der Waals surface area contributed by atoms with Crippen molar-refractivity contribution in [2.75, 3.05) is 14.7 Å². The van der Waals surface area contributed by atoms with E-state index in [0.29, 0.717) is 0 Å². The maximum absolute atomic E-state index is 2.62. The van der Waals surface area contributed by atoms with Crippen molar-refractivity contribution in [3.05, 3.63) is 170 Å². The third-order valence-electron chi connectivity index (χ3n) is 12.2. The van der Waals surface area contributed by atoms with Crippen LogP contribution in [0.3, 0.4) is 0 Å². The summed E-state index contributed by atoms with van der Waals surface area (Å²) in [4.78, 5) is 7.67. The van der Waals surface area contributed by atoms with Gasteiger partial charge in [-0.1, -0.05) is 148 Å². The number of hydrogen-bond acceptors (Lipinski definition) is 5. The van der Waals surface area contributed by atoms with Crippen LogP contribution in [-0.4, -0.2) is 22.9 Å². The third-order valence-corrected chi connectivity index (χ3v) is 19.2. The maximum atomic E-state index is 2.62. The highest BCUT2D eigenvalue weighted by Gasteiger charge is 2.48. The van der Waals surface area contributed by atoms with Crippen LogP contribution in [0.1, 0.15) is 0 Å². The van der Waals surface area contributed by atoms with Crippen LogP contribution in [0.25, 0.3) is 20.2 Å². The number of fused-ring (bicyclic) bond motifs is 8. The summed E-state index contributed by atoms with van der Waals surface area (Å²) in [6.45, 7) is 15.0. The Labute approximate surface area is 363 Å². The van der Waals surface area contributed by atoms with Gasteiger partial charge in [0.1, 0.15) is 0 Å². The zero-order chi connectivity index (χ0) is 40.9. The van der Waals surface area contributed by atoms with Crippen LogP contribution in [0, 0.1) is 0 Å². The van der Waals surface area contributed by atoms with Gasteiger partial charge in [-0.2, -0.15) is 0 Å². The predicted octanol–water partition coefficient (Wildman–Crippen LogP) is 12.8. The van der Waals surface area contributed by atoms with E-state index < -0.39 is 16.1 Å². The van der Waals surface area contributed by atoms with Gasteiger partial charge in [0.15, 0.2) is 0 Å². The van der Waals surface area contributed by atoms with Crippen molar-refractivity contribution in [3.8, 4) is 0 Å². The Hall–Kier alpha value is -5.64. The molecule has 0 N–H and O–H groups in total. The topological polar surface area (TPSA) is 9.72 Å². The molecule has 0 fully saturated rings. The average Bonchev–Trinajstić information content (AvgIpc) is 3.83. The normalized spacial score (nSPS) is 13.4. The Morgan fingerprint density at radius 2 is 0.817 bits per heavy atom. The number of benzene rings is 7. The summed E-state index contributed by atoms with van der Waals surface area (Å²) in [5.74, 6) is 0. The van der Waals surface area contributed by atoms with Crippen molar-refractivity contribution in [2.45, 2.75) is 39.3 Å². The molecule has 60 heavy (non-hydrogen) atoms. The molecule has 0 saturated carbocycles. The molecule has 0 atom stereocenters. The average molecular weight is 844 g/mol. The van der Waals surface area contributed by atoms with E-state index in [-0.39, 0.29) is 6.71 Å². The summed E-state index contributed by atoms with van der Waals surface area (Å²) in [7, 11) is -3.44. The largest absolute Gasteiger partial charge is 0.310 e. The highest BCUT2D eigenvalue weighted by Crippen LogP contribution is 2.52. The minimum absolute atomic E-state index is 0.0645. The fourth-order valence-electron chi connectivity index (χ4n) is 9.60. The second kappa shape index (κ2) is 14.0. The van der Waals surface area contributed by atoms with Gasteiger partial charge in [0.25, 0.3) is 6.71 Å². The molecule has 0 bridgehead atoms. The first-order chi connectivity index (χ1) is 29.1. The lowest BCUT2D eigenvalue weighted by Crippen LogP contribution is -2.59. The van der Waals surface area contributed by atoms with Crippen molar-refractivity contribution >= 4 is 142 Å². The number of para-hydroxylation sites is 4. The second-order valence-electron chi connectivity index (χ2n) is 18.2. The molecule has 0 saturated heterocycles. The summed E-state index contributed by atoms with van der Waals surface area (Å²) >= 11 is 4.11.